The van der Waals surface area contributed by atoms with E-state index >= 15 is 0 Å². The van der Waals surface area contributed by atoms with Crippen LogP contribution >= 0.6 is 0 Å². The molecule has 6 nitrogen and oxygen atoms in total. The number of likely N-dealkylation sites (tertiary alicyclic amines) is 1. The number of hydrogen-bond donors (Lipinski definition) is 2. The standard InChI is InChI=1S/C16H28N2O4/c1-3-22-7-6-16(4-5-16)11-17-15(21)18-9-12(2)8-13(10-18)14(19)20/h12-13H,3-11H2,1-2H3,(H,17,21)(H,19,20). The smallest absolute Gasteiger partial charge is 0.317 e. The lowest BCUT2D eigenvalue weighted by Gasteiger charge is -2.35. The van der Waals surface area contributed by atoms with Crippen LogP contribution in [0.15, 0.2) is 0 Å². The number of hydrogen-bond acceptors (Lipinski definition) is 3. The molecule has 1 heterocycles. The largest absolute Gasteiger partial charge is 0.481 e. The molecule has 2 unspecified atom stereocenters. The molecule has 2 N–H and O–H groups in total. The zero-order chi connectivity index (χ0) is 16.2. The number of carboxylic acid groups (broad SMARTS) is 1. The van der Waals surface area contributed by atoms with Gasteiger partial charge in [0.05, 0.1) is 5.92 Å². The maximum atomic E-state index is 12.3. The number of rotatable bonds is 7. The summed E-state index contributed by atoms with van der Waals surface area (Å²) < 4.78 is 5.40. The van der Waals surface area contributed by atoms with Crippen LogP contribution in [0.25, 0.3) is 0 Å². The Morgan fingerprint density at radius 3 is 2.68 bits per heavy atom. The molecule has 126 valence electrons. The molecular formula is C16H28N2O4. The Labute approximate surface area is 132 Å². The average Bonchev–Trinajstić information content (AvgIpc) is 3.25. The molecule has 0 aromatic rings. The van der Waals surface area contributed by atoms with E-state index in [1.165, 1.54) is 0 Å². The molecule has 0 radical (unpaired) electrons. The molecule has 1 aliphatic carbocycles. The van der Waals surface area contributed by atoms with E-state index in [1.54, 1.807) is 4.90 Å². The van der Waals surface area contributed by atoms with Crippen LogP contribution in [0.2, 0.25) is 0 Å². The Kier molecular flexibility index (Phi) is 5.67. The van der Waals surface area contributed by atoms with E-state index in [2.05, 4.69) is 5.32 Å². The van der Waals surface area contributed by atoms with Crippen LogP contribution in [0.3, 0.4) is 0 Å². The van der Waals surface area contributed by atoms with Crippen molar-refractivity contribution in [2.75, 3.05) is 32.8 Å². The Morgan fingerprint density at radius 1 is 1.36 bits per heavy atom. The van der Waals surface area contributed by atoms with Crippen molar-refractivity contribution in [3.63, 3.8) is 0 Å². The fourth-order valence-corrected chi connectivity index (χ4v) is 3.20. The van der Waals surface area contributed by atoms with Crippen LogP contribution < -0.4 is 5.32 Å². The first-order chi connectivity index (χ1) is 10.5. The van der Waals surface area contributed by atoms with Crippen molar-refractivity contribution >= 4 is 12.0 Å². The predicted molar refractivity (Wildman–Crippen MR) is 82.7 cm³/mol. The zero-order valence-corrected chi connectivity index (χ0v) is 13.6. The first-order valence-electron chi connectivity index (χ1n) is 8.29. The maximum absolute atomic E-state index is 12.3. The van der Waals surface area contributed by atoms with Gasteiger partial charge in [0.25, 0.3) is 0 Å². The number of ether oxygens (including phenoxy) is 1. The van der Waals surface area contributed by atoms with E-state index in [4.69, 9.17) is 4.74 Å². The zero-order valence-electron chi connectivity index (χ0n) is 13.6. The Balaban J connectivity index is 1.78. The second-order valence-electron chi connectivity index (χ2n) is 6.89. The first-order valence-corrected chi connectivity index (χ1v) is 8.29. The molecule has 0 aromatic carbocycles. The van der Waals surface area contributed by atoms with Crippen molar-refractivity contribution in [3.8, 4) is 0 Å². The summed E-state index contributed by atoms with van der Waals surface area (Å²) in [6, 6.07) is -0.125. The van der Waals surface area contributed by atoms with Gasteiger partial charge in [0.2, 0.25) is 0 Å². The Bertz CT molecular complexity index is 409. The Hall–Kier alpha value is -1.30. The van der Waals surface area contributed by atoms with Crippen molar-refractivity contribution in [2.24, 2.45) is 17.3 Å². The molecule has 0 aromatic heterocycles. The number of piperidine rings is 1. The number of nitrogens with zero attached hydrogens (tertiary/aromatic N) is 1. The van der Waals surface area contributed by atoms with Crippen LogP contribution in [-0.4, -0.2) is 54.9 Å². The normalized spacial score (nSPS) is 26.5. The molecule has 2 fully saturated rings. The van der Waals surface area contributed by atoms with Crippen LogP contribution in [0.1, 0.15) is 39.5 Å². The molecule has 2 atom stereocenters. The predicted octanol–water partition coefficient (Wildman–Crippen LogP) is 1.95. The summed E-state index contributed by atoms with van der Waals surface area (Å²) in [5, 5.41) is 12.2. The molecular weight excluding hydrogens is 284 g/mol. The van der Waals surface area contributed by atoms with Crippen molar-refractivity contribution in [3.05, 3.63) is 0 Å². The number of urea groups is 1. The summed E-state index contributed by atoms with van der Waals surface area (Å²) in [4.78, 5) is 25.1. The number of aliphatic carboxylic acids is 1. The highest BCUT2D eigenvalue weighted by Gasteiger charge is 2.42. The lowest BCUT2D eigenvalue weighted by molar-refractivity contribution is -0.143. The fourth-order valence-electron chi connectivity index (χ4n) is 3.20. The maximum Gasteiger partial charge on any atom is 0.317 e. The summed E-state index contributed by atoms with van der Waals surface area (Å²) in [5.74, 6) is -1.02. The number of carboxylic acids is 1. The number of carbonyl (C=O) groups is 2. The van der Waals surface area contributed by atoms with Gasteiger partial charge in [0.1, 0.15) is 0 Å². The van der Waals surface area contributed by atoms with E-state index < -0.39 is 11.9 Å². The molecule has 6 heteroatoms. The molecule has 2 aliphatic rings. The molecule has 0 bridgehead atoms. The topological polar surface area (TPSA) is 78.9 Å². The van der Waals surface area contributed by atoms with E-state index in [0.717, 1.165) is 32.5 Å². The fraction of sp³-hybridized carbons (Fsp3) is 0.875. The second kappa shape index (κ2) is 7.31. The van der Waals surface area contributed by atoms with E-state index in [0.29, 0.717) is 26.1 Å². The van der Waals surface area contributed by atoms with Crippen LogP contribution in [0.4, 0.5) is 4.79 Å². The first kappa shape index (κ1) is 17.1. The van der Waals surface area contributed by atoms with Gasteiger partial charge in [-0.2, -0.15) is 0 Å². The summed E-state index contributed by atoms with van der Waals surface area (Å²) in [6.45, 7) is 7.08. The van der Waals surface area contributed by atoms with Crippen molar-refractivity contribution in [1.82, 2.24) is 10.2 Å². The minimum Gasteiger partial charge on any atom is -0.481 e. The number of nitrogens with one attached hydrogen (secondary N) is 1. The molecule has 2 rings (SSSR count). The average molecular weight is 312 g/mol. The third-order valence-electron chi connectivity index (χ3n) is 4.85. The highest BCUT2D eigenvalue weighted by Crippen LogP contribution is 2.48. The number of amides is 2. The van der Waals surface area contributed by atoms with Crippen molar-refractivity contribution in [2.45, 2.75) is 39.5 Å². The molecule has 0 spiro atoms. The highest BCUT2D eigenvalue weighted by molar-refractivity contribution is 5.76. The monoisotopic (exact) mass is 312 g/mol. The SMILES string of the molecule is CCOCCC1(CNC(=O)N2CC(C)CC(C(=O)O)C2)CC1. The van der Waals surface area contributed by atoms with Crippen molar-refractivity contribution in [1.29, 1.82) is 0 Å². The van der Waals surface area contributed by atoms with Gasteiger partial charge in [0, 0.05) is 32.8 Å². The summed E-state index contributed by atoms with van der Waals surface area (Å²) in [5.41, 5.74) is 0.207. The quantitative estimate of drug-likeness (QED) is 0.704. The molecule has 22 heavy (non-hydrogen) atoms. The molecule has 1 saturated carbocycles. The number of carbonyl (C=O) groups excluding carboxylic acids is 1. The van der Waals surface area contributed by atoms with Gasteiger partial charge in [0.15, 0.2) is 0 Å². The second-order valence-corrected chi connectivity index (χ2v) is 6.89. The molecule has 1 saturated heterocycles. The highest BCUT2D eigenvalue weighted by atomic mass is 16.5. The van der Waals surface area contributed by atoms with Crippen LogP contribution in [0.5, 0.6) is 0 Å². The third-order valence-corrected chi connectivity index (χ3v) is 4.85. The van der Waals surface area contributed by atoms with E-state index in [-0.39, 0.29) is 17.4 Å². The van der Waals surface area contributed by atoms with Gasteiger partial charge in [-0.3, -0.25) is 4.79 Å². The summed E-state index contributed by atoms with van der Waals surface area (Å²) in [6.07, 6.45) is 3.90. The summed E-state index contributed by atoms with van der Waals surface area (Å²) >= 11 is 0. The van der Waals surface area contributed by atoms with Crippen LogP contribution in [-0.2, 0) is 9.53 Å². The van der Waals surface area contributed by atoms with E-state index in [9.17, 15) is 14.7 Å². The van der Waals surface area contributed by atoms with Gasteiger partial charge < -0.3 is 20.1 Å². The lowest BCUT2D eigenvalue weighted by Crippen LogP contribution is -2.50. The lowest BCUT2D eigenvalue weighted by atomic mass is 9.91. The summed E-state index contributed by atoms with van der Waals surface area (Å²) in [7, 11) is 0. The minimum absolute atomic E-state index is 0.125. The third kappa shape index (κ3) is 4.60. The minimum atomic E-state index is -0.806. The van der Waals surface area contributed by atoms with Gasteiger partial charge in [-0.1, -0.05) is 6.92 Å². The van der Waals surface area contributed by atoms with Gasteiger partial charge in [-0.25, -0.2) is 4.79 Å². The Morgan fingerprint density at radius 2 is 2.09 bits per heavy atom. The van der Waals surface area contributed by atoms with E-state index in [1.807, 2.05) is 13.8 Å². The van der Waals surface area contributed by atoms with Gasteiger partial charge in [-0.05, 0) is 43.9 Å². The molecule has 2 amide bonds. The van der Waals surface area contributed by atoms with Gasteiger partial charge >= 0.3 is 12.0 Å². The van der Waals surface area contributed by atoms with Gasteiger partial charge in [-0.15, -0.1) is 0 Å². The molecule has 1 aliphatic heterocycles. The van der Waals surface area contributed by atoms with Crippen LogP contribution in [0, 0.1) is 17.3 Å². The van der Waals surface area contributed by atoms with Crippen molar-refractivity contribution < 1.29 is 19.4 Å².